The fourth-order valence-corrected chi connectivity index (χ4v) is 5.29. The van der Waals surface area contributed by atoms with E-state index < -0.39 is 0 Å². The molecule has 1 aliphatic carbocycles. The van der Waals surface area contributed by atoms with Gasteiger partial charge in [-0.1, -0.05) is 12.1 Å². The van der Waals surface area contributed by atoms with Gasteiger partial charge in [0.25, 0.3) is 0 Å². The number of nitrogens with one attached hydrogen (secondary N) is 1. The number of carbonyl (C=O) groups is 1. The van der Waals surface area contributed by atoms with Crippen molar-refractivity contribution in [2.45, 2.75) is 56.7 Å². The number of pyridine rings is 2. The number of hydrogen-bond acceptors (Lipinski definition) is 6. The second kappa shape index (κ2) is 8.16. The Morgan fingerprint density at radius 1 is 1.03 bits per heavy atom. The lowest BCUT2D eigenvalue weighted by Gasteiger charge is -2.42. The highest BCUT2D eigenvalue weighted by Gasteiger charge is 2.41. The summed E-state index contributed by atoms with van der Waals surface area (Å²) in [7, 11) is 0. The summed E-state index contributed by atoms with van der Waals surface area (Å²) in [6, 6.07) is 11.2. The number of anilines is 1. The van der Waals surface area contributed by atoms with Crippen molar-refractivity contribution in [2.24, 2.45) is 0 Å². The van der Waals surface area contributed by atoms with E-state index in [0.717, 1.165) is 49.0 Å². The molecule has 1 N–H and O–H groups in total. The molecule has 3 aliphatic rings. The minimum atomic E-state index is 0.241. The van der Waals surface area contributed by atoms with Crippen LogP contribution in [-0.4, -0.2) is 62.1 Å². The van der Waals surface area contributed by atoms with Crippen LogP contribution in [-0.2, 0) is 11.3 Å². The third-order valence-corrected chi connectivity index (χ3v) is 7.12. The van der Waals surface area contributed by atoms with Gasteiger partial charge in [0, 0.05) is 50.9 Å². The SMILES string of the molecule is O=C(CCNCc1cccc2ncnn12)N1CC2CCC(C1)N2c1ccc(C2CC2)cn1. The molecule has 3 fully saturated rings. The van der Waals surface area contributed by atoms with E-state index in [1.54, 1.807) is 6.33 Å². The lowest BCUT2D eigenvalue weighted by molar-refractivity contribution is -0.132. The number of aromatic nitrogens is 4. The molecule has 8 heteroatoms. The molecule has 5 heterocycles. The van der Waals surface area contributed by atoms with Gasteiger partial charge in [-0.2, -0.15) is 5.10 Å². The van der Waals surface area contributed by atoms with Crippen molar-refractivity contribution < 1.29 is 4.79 Å². The van der Waals surface area contributed by atoms with E-state index in [2.05, 4.69) is 43.5 Å². The van der Waals surface area contributed by atoms with E-state index >= 15 is 0 Å². The summed E-state index contributed by atoms with van der Waals surface area (Å²) in [6.45, 7) is 2.93. The number of amides is 1. The molecule has 2 aliphatic heterocycles. The predicted molar refractivity (Wildman–Crippen MR) is 121 cm³/mol. The number of rotatable bonds is 7. The van der Waals surface area contributed by atoms with Crippen molar-refractivity contribution in [3.63, 3.8) is 0 Å². The van der Waals surface area contributed by atoms with Gasteiger partial charge in [0.15, 0.2) is 5.65 Å². The standard InChI is InChI=1S/C24H29N7O/c32-24(10-11-25-13-19-2-1-3-23-27-16-28-31(19)23)29-14-20-7-8-21(15-29)30(20)22-9-6-18(12-26-22)17-4-5-17/h1-3,6,9,12,16-17,20-21,25H,4-5,7-8,10-11,13-15H2. The molecule has 6 rings (SSSR count). The van der Waals surface area contributed by atoms with Crippen LogP contribution in [0.15, 0.2) is 42.9 Å². The molecule has 0 radical (unpaired) electrons. The van der Waals surface area contributed by atoms with E-state index in [1.165, 1.54) is 18.4 Å². The molecule has 166 valence electrons. The van der Waals surface area contributed by atoms with Gasteiger partial charge in [-0.25, -0.2) is 14.5 Å². The predicted octanol–water partition coefficient (Wildman–Crippen LogP) is 2.36. The molecule has 32 heavy (non-hydrogen) atoms. The van der Waals surface area contributed by atoms with Gasteiger partial charge in [-0.3, -0.25) is 4.79 Å². The van der Waals surface area contributed by atoms with Crippen LogP contribution in [0.4, 0.5) is 5.82 Å². The molecule has 3 aromatic heterocycles. The van der Waals surface area contributed by atoms with Crippen molar-refractivity contribution in [1.82, 2.24) is 29.8 Å². The molecular weight excluding hydrogens is 402 g/mol. The van der Waals surface area contributed by atoms with Gasteiger partial charge >= 0.3 is 0 Å². The Bertz CT molecular complexity index is 1090. The lowest BCUT2D eigenvalue weighted by Crippen LogP contribution is -2.56. The molecule has 0 spiro atoms. The Morgan fingerprint density at radius 3 is 2.62 bits per heavy atom. The smallest absolute Gasteiger partial charge is 0.223 e. The topological polar surface area (TPSA) is 78.7 Å². The van der Waals surface area contributed by atoms with E-state index in [9.17, 15) is 4.79 Å². The first-order chi connectivity index (χ1) is 15.8. The molecule has 2 saturated heterocycles. The first-order valence-electron chi connectivity index (χ1n) is 11.8. The molecule has 1 amide bonds. The van der Waals surface area contributed by atoms with Crippen LogP contribution in [0.2, 0.25) is 0 Å². The second-order valence-corrected chi connectivity index (χ2v) is 9.29. The summed E-state index contributed by atoms with van der Waals surface area (Å²) < 4.78 is 1.83. The van der Waals surface area contributed by atoms with Crippen LogP contribution in [0.1, 0.15) is 49.3 Å². The van der Waals surface area contributed by atoms with Gasteiger partial charge in [0.1, 0.15) is 12.1 Å². The van der Waals surface area contributed by atoms with Gasteiger partial charge in [-0.05, 0) is 55.4 Å². The fraction of sp³-hybridized carbons (Fsp3) is 0.500. The molecule has 3 aromatic rings. The van der Waals surface area contributed by atoms with Crippen LogP contribution in [0.3, 0.4) is 0 Å². The van der Waals surface area contributed by atoms with E-state index in [-0.39, 0.29) is 5.91 Å². The van der Waals surface area contributed by atoms with Gasteiger partial charge in [-0.15, -0.1) is 0 Å². The third-order valence-electron chi connectivity index (χ3n) is 7.12. The van der Waals surface area contributed by atoms with Crippen LogP contribution in [0, 0.1) is 0 Å². The first kappa shape index (κ1) is 19.7. The Hall–Kier alpha value is -3.00. The van der Waals surface area contributed by atoms with Crippen molar-refractivity contribution in [2.75, 3.05) is 24.5 Å². The highest BCUT2D eigenvalue weighted by atomic mass is 16.2. The van der Waals surface area contributed by atoms with E-state index in [4.69, 9.17) is 4.98 Å². The zero-order valence-corrected chi connectivity index (χ0v) is 18.2. The Morgan fingerprint density at radius 2 is 1.88 bits per heavy atom. The highest BCUT2D eigenvalue weighted by molar-refractivity contribution is 5.77. The molecule has 2 bridgehead atoms. The third kappa shape index (κ3) is 3.72. The molecule has 2 atom stereocenters. The monoisotopic (exact) mass is 431 g/mol. The molecular formula is C24H29N7O. The quantitative estimate of drug-likeness (QED) is 0.579. The molecule has 2 unspecified atom stereocenters. The van der Waals surface area contributed by atoms with Crippen molar-refractivity contribution in [3.05, 3.63) is 54.1 Å². The average Bonchev–Trinajstić information content (AvgIpc) is 3.50. The summed E-state index contributed by atoms with van der Waals surface area (Å²) in [5.41, 5.74) is 3.26. The van der Waals surface area contributed by atoms with Crippen LogP contribution in [0.25, 0.3) is 5.65 Å². The zero-order chi connectivity index (χ0) is 21.5. The number of nitrogens with zero attached hydrogens (tertiary/aromatic N) is 6. The number of hydrogen-bond donors (Lipinski definition) is 1. The highest BCUT2D eigenvalue weighted by Crippen LogP contribution is 2.41. The number of fused-ring (bicyclic) bond motifs is 3. The van der Waals surface area contributed by atoms with Crippen molar-refractivity contribution >= 4 is 17.4 Å². The normalized spacial score (nSPS) is 22.6. The van der Waals surface area contributed by atoms with Crippen LogP contribution < -0.4 is 10.2 Å². The largest absolute Gasteiger partial charge is 0.347 e. The number of piperazine rings is 1. The van der Waals surface area contributed by atoms with Gasteiger partial charge in [0.05, 0.1) is 5.69 Å². The number of likely N-dealkylation sites (tertiary alicyclic amines) is 1. The maximum absolute atomic E-state index is 12.9. The van der Waals surface area contributed by atoms with Crippen molar-refractivity contribution in [1.29, 1.82) is 0 Å². The summed E-state index contributed by atoms with van der Waals surface area (Å²) in [5, 5.41) is 7.65. The molecule has 8 nitrogen and oxygen atoms in total. The Kier molecular flexibility index (Phi) is 5.02. The minimum absolute atomic E-state index is 0.241. The van der Waals surface area contributed by atoms with E-state index in [0.29, 0.717) is 31.6 Å². The second-order valence-electron chi connectivity index (χ2n) is 9.29. The molecule has 0 aromatic carbocycles. The number of carbonyl (C=O) groups excluding carboxylic acids is 1. The maximum atomic E-state index is 12.9. The maximum Gasteiger partial charge on any atom is 0.223 e. The lowest BCUT2D eigenvalue weighted by atomic mass is 10.1. The summed E-state index contributed by atoms with van der Waals surface area (Å²) in [6.07, 6.45) is 9.03. The Labute approximate surface area is 187 Å². The average molecular weight is 432 g/mol. The Balaban J connectivity index is 1.02. The van der Waals surface area contributed by atoms with Gasteiger partial charge < -0.3 is 15.1 Å². The van der Waals surface area contributed by atoms with Gasteiger partial charge in [0.2, 0.25) is 5.91 Å². The molecule has 1 saturated carbocycles. The van der Waals surface area contributed by atoms with Crippen LogP contribution >= 0.6 is 0 Å². The zero-order valence-electron chi connectivity index (χ0n) is 18.2. The fourth-order valence-electron chi connectivity index (χ4n) is 5.29. The van der Waals surface area contributed by atoms with Crippen LogP contribution in [0.5, 0.6) is 0 Å². The van der Waals surface area contributed by atoms with Crippen molar-refractivity contribution in [3.8, 4) is 0 Å². The summed E-state index contributed by atoms with van der Waals surface area (Å²) in [5.74, 6) is 2.06. The first-order valence-corrected chi connectivity index (χ1v) is 11.8. The summed E-state index contributed by atoms with van der Waals surface area (Å²) >= 11 is 0. The minimum Gasteiger partial charge on any atom is -0.347 e. The van der Waals surface area contributed by atoms with E-state index in [1.807, 2.05) is 22.7 Å². The summed E-state index contributed by atoms with van der Waals surface area (Å²) in [4.78, 5) is 26.4.